The zero-order chi connectivity index (χ0) is 18.4. The number of carbonyl (C=O) groups is 1. The number of nitrogens with zero attached hydrogens (tertiary/aromatic N) is 6. The maximum absolute atomic E-state index is 12.3. The van der Waals surface area contributed by atoms with Crippen LogP contribution in [-0.2, 0) is 4.79 Å². The first-order valence-corrected chi connectivity index (χ1v) is 9.42. The summed E-state index contributed by atoms with van der Waals surface area (Å²) in [6.45, 7) is 9.83. The third-order valence-electron chi connectivity index (χ3n) is 4.89. The molecule has 0 atom stereocenters. The van der Waals surface area contributed by atoms with Gasteiger partial charge in [0.1, 0.15) is 5.82 Å². The van der Waals surface area contributed by atoms with E-state index in [4.69, 9.17) is 0 Å². The van der Waals surface area contributed by atoms with E-state index in [0.29, 0.717) is 6.54 Å². The zero-order valence-corrected chi connectivity index (χ0v) is 15.7. The van der Waals surface area contributed by atoms with Crippen molar-refractivity contribution >= 4 is 11.7 Å². The molecule has 140 valence electrons. The molecule has 3 heterocycles. The minimum Gasteiger partial charge on any atom is -0.355 e. The number of carbonyl (C=O) groups excluding carboxylic acids is 1. The van der Waals surface area contributed by atoms with Gasteiger partial charge in [-0.15, -0.1) is 0 Å². The van der Waals surface area contributed by atoms with Crippen LogP contribution in [0.2, 0.25) is 0 Å². The molecule has 0 saturated carbocycles. The molecular formula is C19H28N6O. The van der Waals surface area contributed by atoms with E-state index in [0.717, 1.165) is 57.2 Å². The van der Waals surface area contributed by atoms with Crippen LogP contribution in [0.3, 0.4) is 0 Å². The second kappa shape index (κ2) is 8.80. The molecule has 1 saturated heterocycles. The largest absolute Gasteiger partial charge is 0.355 e. The molecular weight excluding hydrogens is 328 g/mol. The highest BCUT2D eigenvalue weighted by atomic mass is 16.2. The van der Waals surface area contributed by atoms with Crippen LogP contribution < -0.4 is 4.90 Å². The van der Waals surface area contributed by atoms with Crippen molar-refractivity contribution in [3.63, 3.8) is 0 Å². The second-order valence-corrected chi connectivity index (χ2v) is 6.51. The van der Waals surface area contributed by atoms with Gasteiger partial charge in [0.25, 0.3) is 0 Å². The fourth-order valence-electron chi connectivity index (χ4n) is 3.35. The van der Waals surface area contributed by atoms with Crippen molar-refractivity contribution in [1.82, 2.24) is 24.6 Å². The summed E-state index contributed by atoms with van der Waals surface area (Å²) >= 11 is 0. The monoisotopic (exact) mass is 356 g/mol. The topological polar surface area (TPSA) is 57.5 Å². The van der Waals surface area contributed by atoms with E-state index >= 15 is 0 Å². The lowest BCUT2D eigenvalue weighted by molar-refractivity contribution is -0.132. The average molecular weight is 356 g/mol. The Kier molecular flexibility index (Phi) is 6.22. The average Bonchev–Trinajstić information content (AvgIpc) is 3.10. The summed E-state index contributed by atoms with van der Waals surface area (Å²) in [6.07, 6.45) is 6.56. The third kappa shape index (κ3) is 4.40. The number of hydrogen-bond donors (Lipinski definition) is 0. The van der Waals surface area contributed by atoms with E-state index in [1.807, 2.05) is 49.3 Å². The molecule has 0 unspecified atom stereocenters. The minimum atomic E-state index is 0.227. The van der Waals surface area contributed by atoms with Crippen molar-refractivity contribution in [2.45, 2.75) is 20.3 Å². The molecule has 1 fully saturated rings. The summed E-state index contributed by atoms with van der Waals surface area (Å²) in [7, 11) is 0. The Morgan fingerprint density at radius 3 is 2.65 bits per heavy atom. The summed E-state index contributed by atoms with van der Waals surface area (Å²) in [4.78, 5) is 23.4. The second-order valence-electron chi connectivity index (χ2n) is 6.51. The fourth-order valence-corrected chi connectivity index (χ4v) is 3.35. The molecule has 1 aliphatic rings. The first-order chi connectivity index (χ1) is 12.7. The molecule has 2 aromatic rings. The highest BCUT2D eigenvalue weighted by Crippen LogP contribution is 2.16. The Morgan fingerprint density at radius 2 is 2.00 bits per heavy atom. The van der Waals surface area contributed by atoms with Gasteiger partial charge in [0, 0.05) is 51.7 Å². The van der Waals surface area contributed by atoms with Crippen molar-refractivity contribution in [2.75, 3.05) is 50.7 Å². The standard InChI is InChI=1S/C19H28N6O/c1-3-23(4-2)19(26)16-22-10-6-11-24(14-13-22)18-8-7-17(15-20-18)25-12-5-9-21-25/h5,7-9,12,15H,3-4,6,10-11,13-14,16H2,1-2H3. The zero-order valence-electron chi connectivity index (χ0n) is 15.7. The number of pyridine rings is 1. The Hall–Kier alpha value is -2.41. The van der Waals surface area contributed by atoms with Gasteiger partial charge >= 0.3 is 0 Å². The molecule has 1 amide bonds. The summed E-state index contributed by atoms with van der Waals surface area (Å²) in [6, 6.07) is 5.99. The third-order valence-corrected chi connectivity index (χ3v) is 4.89. The van der Waals surface area contributed by atoms with Gasteiger partial charge in [-0.1, -0.05) is 0 Å². The smallest absolute Gasteiger partial charge is 0.236 e. The first-order valence-electron chi connectivity index (χ1n) is 9.42. The lowest BCUT2D eigenvalue weighted by Crippen LogP contribution is -2.41. The molecule has 0 aromatic carbocycles. The highest BCUT2D eigenvalue weighted by molar-refractivity contribution is 5.78. The van der Waals surface area contributed by atoms with Gasteiger partial charge in [0.15, 0.2) is 0 Å². The highest BCUT2D eigenvalue weighted by Gasteiger charge is 2.19. The fraction of sp³-hybridized carbons (Fsp3) is 0.526. The van der Waals surface area contributed by atoms with Crippen LogP contribution in [0.25, 0.3) is 5.69 Å². The summed E-state index contributed by atoms with van der Waals surface area (Å²) in [5.41, 5.74) is 0.958. The normalized spacial score (nSPS) is 15.7. The van der Waals surface area contributed by atoms with Gasteiger partial charge in [-0.05, 0) is 38.5 Å². The number of rotatable bonds is 6. The van der Waals surface area contributed by atoms with Crippen LogP contribution in [0.4, 0.5) is 5.82 Å². The Balaban J connectivity index is 1.57. The maximum atomic E-state index is 12.3. The van der Waals surface area contributed by atoms with Gasteiger partial charge in [-0.2, -0.15) is 5.10 Å². The van der Waals surface area contributed by atoms with E-state index < -0.39 is 0 Å². The first kappa shape index (κ1) is 18.4. The van der Waals surface area contributed by atoms with Gasteiger partial charge in [0.2, 0.25) is 5.91 Å². The Morgan fingerprint density at radius 1 is 1.15 bits per heavy atom. The summed E-state index contributed by atoms with van der Waals surface area (Å²) < 4.78 is 1.81. The van der Waals surface area contributed by atoms with Gasteiger partial charge < -0.3 is 9.80 Å². The lowest BCUT2D eigenvalue weighted by Gasteiger charge is -2.25. The van der Waals surface area contributed by atoms with Crippen LogP contribution in [0, 0.1) is 0 Å². The molecule has 2 aromatic heterocycles. The molecule has 26 heavy (non-hydrogen) atoms. The van der Waals surface area contributed by atoms with Gasteiger partial charge in [-0.25, -0.2) is 9.67 Å². The number of anilines is 1. The van der Waals surface area contributed by atoms with Crippen LogP contribution in [0.5, 0.6) is 0 Å². The maximum Gasteiger partial charge on any atom is 0.236 e. The van der Waals surface area contributed by atoms with Crippen molar-refractivity contribution in [1.29, 1.82) is 0 Å². The van der Waals surface area contributed by atoms with Crippen LogP contribution in [0.1, 0.15) is 20.3 Å². The van der Waals surface area contributed by atoms with E-state index in [1.165, 1.54) is 0 Å². The minimum absolute atomic E-state index is 0.227. The Bertz CT molecular complexity index is 681. The van der Waals surface area contributed by atoms with Gasteiger partial charge in [-0.3, -0.25) is 9.69 Å². The lowest BCUT2D eigenvalue weighted by atomic mass is 10.3. The van der Waals surface area contributed by atoms with Crippen LogP contribution in [-0.4, -0.2) is 76.3 Å². The predicted octanol–water partition coefficient (Wildman–Crippen LogP) is 1.65. The van der Waals surface area contributed by atoms with E-state index in [-0.39, 0.29) is 5.91 Å². The van der Waals surface area contributed by atoms with Crippen molar-refractivity contribution in [3.05, 3.63) is 36.8 Å². The van der Waals surface area contributed by atoms with Crippen molar-refractivity contribution in [3.8, 4) is 5.69 Å². The number of aromatic nitrogens is 3. The SMILES string of the molecule is CCN(CC)C(=O)CN1CCCN(c2ccc(-n3cccn3)cn2)CC1. The van der Waals surface area contributed by atoms with E-state index in [1.54, 1.807) is 10.9 Å². The molecule has 0 aliphatic carbocycles. The Labute approximate surface area is 155 Å². The molecule has 7 nitrogen and oxygen atoms in total. The molecule has 3 rings (SSSR count). The molecule has 0 bridgehead atoms. The summed E-state index contributed by atoms with van der Waals surface area (Å²) in [5, 5.41) is 4.23. The quantitative estimate of drug-likeness (QED) is 0.788. The van der Waals surface area contributed by atoms with Crippen LogP contribution >= 0.6 is 0 Å². The van der Waals surface area contributed by atoms with Gasteiger partial charge in [0.05, 0.1) is 18.4 Å². The number of amides is 1. The van der Waals surface area contributed by atoms with Crippen molar-refractivity contribution in [2.24, 2.45) is 0 Å². The number of likely N-dealkylation sites (N-methyl/N-ethyl adjacent to an activating group) is 1. The van der Waals surface area contributed by atoms with Crippen LogP contribution in [0.15, 0.2) is 36.8 Å². The molecule has 0 spiro atoms. The molecule has 0 N–H and O–H groups in total. The van der Waals surface area contributed by atoms with E-state index in [9.17, 15) is 4.79 Å². The molecule has 7 heteroatoms. The predicted molar refractivity (Wildman–Crippen MR) is 103 cm³/mol. The van der Waals surface area contributed by atoms with E-state index in [2.05, 4.69) is 19.9 Å². The van der Waals surface area contributed by atoms with Crippen molar-refractivity contribution < 1.29 is 4.79 Å². The molecule has 1 aliphatic heterocycles. The summed E-state index contributed by atoms with van der Waals surface area (Å²) in [5.74, 6) is 1.21. The number of hydrogen-bond acceptors (Lipinski definition) is 5. The molecule has 0 radical (unpaired) electrons.